The first-order chi connectivity index (χ1) is 18.3. The minimum Gasteiger partial charge on any atom is -0.497 e. The molecule has 1 aliphatic rings. The van der Waals surface area contributed by atoms with E-state index in [1.807, 2.05) is 36.4 Å². The van der Waals surface area contributed by atoms with Gasteiger partial charge in [-0.1, -0.05) is 12.1 Å². The van der Waals surface area contributed by atoms with Gasteiger partial charge in [0, 0.05) is 36.7 Å². The average molecular weight is 522 g/mol. The lowest BCUT2D eigenvalue weighted by molar-refractivity contribution is 0.0692. The maximum Gasteiger partial charge on any atom is 0.336 e. The molecule has 1 amide bonds. The number of hydrogen-bond acceptors (Lipinski definition) is 7. The summed E-state index contributed by atoms with van der Waals surface area (Å²) in [5.41, 5.74) is 3.82. The first-order valence-electron chi connectivity index (χ1n) is 12.0. The standard InChI is InChI=1S/C29H31NO8/c1-30-14-23-25(29(32)33)18(13-24(36-4)26(23)28(30)31)10-19-11-22(35-3)12-20(27(19)37-5)16-38-15-17-6-8-21(34-2)9-7-17/h6-9,11-13H,10,14-16H2,1-5H3,(H,32,33). The molecule has 0 unspecified atom stereocenters. The summed E-state index contributed by atoms with van der Waals surface area (Å²) in [4.78, 5) is 26.6. The van der Waals surface area contributed by atoms with Gasteiger partial charge in [-0.3, -0.25) is 4.79 Å². The van der Waals surface area contributed by atoms with Crippen LogP contribution in [0.4, 0.5) is 0 Å². The van der Waals surface area contributed by atoms with Gasteiger partial charge in [0.15, 0.2) is 0 Å². The third kappa shape index (κ3) is 5.24. The van der Waals surface area contributed by atoms with Crippen molar-refractivity contribution < 1.29 is 38.4 Å². The van der Waals surface area contributed by atoms with Crippen LogP contribution < -0.4 is 18.9 Å². The van der Waals surface area contributed by atoms with Gasteiger partial charge in [0.25, 0.3) is 5.91 Å². The molecule has 1 N–H and O–H groups in total. The predicted molar refractivity (Wildman–Crippen MR) is 140 cm³/mol. The van der Waals surface area contributed by atoms with Gasteiger partial charge in [-0.05, 0) is 41.5 Å². The van der Waals surface area contributed by atoms with Gasteiger partial charge in [-0.2, -0.15) is 0 Å². The number of amides is 1. The van der Waals surface area contributed by atoms with E-state index in [9.17, 15) is 14.7 Å². The first kappa shape index (κ1) is 26.8. The zero-order valence-electron chi connectivity index (χ0n) is 22.1. The number of ether oxygens (including phenoxy) is 5. The largest absolute Gasteiger partial charge is 0.497 e. The molecule has 38 heavy (non-hydrogen) atoms. The summed E-state index contributed by atoms with van der Waals surface area (Å²) in [7, 11) is 7.85. The number of hydrogen-bond donors (Lipinski definition) is 1. The topological polar surface area (TPSA) is 104 Å². The van der Waals surface area contributed by atoms with Crippen LogP contribution in [-0.4, -0.2) is 57.4 Å². The molecule has 1 aliphatic heterocycles. The number of carbonyl (C=O) groups excluding carboxylic acids is 1. The molecule has 0 aliphatic carbocycles. The second-order valence-electron chi connectivity index (χ2n) is 8.93. The van der Waals surface area contributed by atoms with E-state index in [0.717, 1.165) is 22.4 Å². The van der Waals surface area contributed by atoms with Crippen LogP contribution >= 0.6 is 0 Å². The van der Waals surface area contributed by atoms with Crippen LogP contribution in [-0.2, 0) is 30.9 Å². The molecule has 0 bridgehead atoms. The van der Waals surface area contributed by atoms with Gasteiger partial charge in [-0.15, -0.1) is 0 Å². The van der Waals surface area contributed by atoms with Gasteiger partial charge in [0.1, 0.15) is 23.0 Å². The Bertz CT molecular complexity index is 1350. The van der Waals surface area contributed by atoms with E-state index in [0.29, 0.717) is 40.5 Å². The number of carboxylic acids is 1. The minimum atomic E-state index is -1.10. The molecule has 9 nitrogen and oxygen atoms in total. The van der Waals surface area contributed by atoms with E-state index in [4.69, 9.17) is 23.7 Å². The van der Waals surface area contributed by atoms with E-state index in [-0.39, 0.29) is 31.0 Å². The number of fused-ring (bicyclic) bond motifs is 1. The molecular weight excluding hydrogens is 490 g/mol. The zero-order chi connectivity index (χ0) is 27.4. The molecule has 3 aromatic rings. The Hall–Kier alpha value is -4.24. The van der Waals surface area contributed by atoms with Crippen molar-refractivity contribution in [2.24, 2.45) is 0 Å². The number of carboxylic acid groups (broad SMARTS) is 1. The molecule has 0 saturated carbocycles. The van der Waals surface area contributed by atoms with Crippen LogP contribution in [0.3, 0.4) is 0 Å². The molecule has 0 aromatic heterocycles. The van der Waals surface area contributed by atoms with E-state index >= 15 is 0 Å². The summed E-state index contributed by atoms with van der Waals surface area (Å²) in [6.45, 7) is 0.824. The highest BCUT2D eigenvalue weighted by Crippen LogP contribution is 2.38. The summed E-state index contributed by atoms with van der Waals surface area (Å²) in [5.74, 6) is 0.911. The lowest BCUT2D eigenvalue weighted by Gasteiger charge is -2.18. The molecule has 3 aromatic carbocycles. The summed E-state index contributed by atoms with van der Waals surface area (Å²) in [6.07, 6.45) is 0.217. The van der Waals surface area contributed by atoms with Crippen molar-refractivity contribution in [3.63, 3.8) is 0 Å². The van der Waals surface area contributed by atoms with Gasteiger partial charge in [-0.25, -0.2) is 4.79 Å². The second kappa shape index (κ2) is 11.4. The van der Waals surface area contributed by atoms with Crippen LogP contribution in [0.2, 0.25) is 0 Å². The Balaban J connectivity index is 1.68. The maximum absolute atomic E-state index is 12.7. The van der Waals surface area contributed by atoms with Crippen LogP contribution in [0, 0.1) is 0 Å². The highest BCUT2D eigenvalue weighted by atomic mass is 16.5. The van der Waals surface area contributed by atoms with Crippen molar-refractivity contribution in [1.29, 1.82) is 0 Å². The van der Waals surface area contributed by atoms with Crippen molar-refractivity contribution >= 4 is 11.9 Å². The van der Waals surface area contributed by atoms with Crippen LogP contribution in [0.25, 0.3) is 0 Å². The summed E-state index contributed by atoms with van der Waals surface area (Å²) >= 11 is 0. The third-order valence-electron chi connectivity index (χ3n) is 6.59. The molecule has 0 radical (unpaired) electrons. The van der Waals surface area contributed by atoms with E-state index < -0.39 is 5.97 Å². The molecule has 0 saturated heterocycles. The van der Waals surface area contributed by atoms with Crippen molar-refractivity contribution in [1.82, 2.24) is 4.90 Å². The Morgan fingerprint density at radius 2 is 1.55 bits per heavy atom. The average Bonchev–Trinajstić information content (AvgIpc) is 3.21. The van der Waals surface area contributed by atoms with Gasteiger partial charge >= 0.3 is 5.97 Å². The van der Waals surface area contributed by atoms with Crippen LogP contribution in [0.5, 0.6) is 23.0 Å². The monoisotopic (exact) mass is 521 g/mol. The normalized spacial score (nSPS) is 12.3. The Morgan fingerprint density at radius 1 is 0.868 bits per heavy atom. The number of carbonyl (C=O) groups is 2. The Kier molecular flexibility index (Phi) is 8.07. The highest BCUT2D eigenvalue weighted by Gasteiger charge is 2.34. The zero-order valence-corrected chi connectivity index (χ0v) is 22.1. The Labute approximate surface area is 221 Å². The second-order valence-corrected chi connectivity index (χ2v) is 8.93. The van der Waals surface area contributed by atoms with Gasteiger partial charge in [0.2, 0.25) is 0 Å². The molecule has 0 fully saturated rings. The van der Waals surface area contributed by atoms with Crippen molar-refractivity contribution in [3.8, 4) is 23.0 Å². The molecule has 9 heteroatoms. The van der Waals surface area contributed by atoms with E-state index in [2.05, 4.69) is 0 Å². The molecule has 200 valence electrons. The maximum atomic E-state index is 12.7. The number of methoxy groups -OCH3 is 4. The minimum absolute atomic E-state index is 0.0979. The molecule has 1 heterocycles. The van der Waals surface area contributed by atoms with Gasteiger partial charge < -0.3 is 33.7 Å². The number of benzene rings is 3. The molecule has 0 atom stereocenters. The van der Waals surface area contributed by atoms with Crippen LogP contribution in [0.15, 0.2) is 42.5 Å². The van der Waals surface area contributed by atoms with E-state index in [1.165, 1.54) is 12.0 Å². The fourth-order valence-electron chi connectivity index (χ4n) is 4.78. The van der Waals surface area contributed by atoms with Crippen molar-refractivity contribution in [2.75, 3.05) is 35.5 Å². The lowest BCUT2D eigenvalue weighted by Crippen LogP contribution is -2.17. The third-order valence-corrected chi connectivity index (χ3v) is 6.59. The van der Waals surface area contributed by atoms with Crippen molar-refractivity contribution in [2.45, 2.75) is 26.2 Å². The fraction of sp³-hybridized carbons (Fsp3) is 0.310. The van der Waals surface area contributed by atoms with E-state index in [1.54, 1.807) is 34.4 Å². The van der Waals surface area contributed by atoms with Gasteiger partial charge in [0.05, 0.1) is 52.8 Å². The Morgan fingerprint density at radius 3 is 2.16 bits per heavy atom. The molecule has 0 spiro atoms. The molecule has 4 rings (SSSR count). The first-order valence-corrected chi connectivity index (χ1v) is 12.0. The number of rotatable bonds is 11. The fourth-order valence-corrected chi connectivity index (χ4v) is 4.78. The lowest BCUT2D eigenvalue weighted by atomic mass is 9.91. The smallest absolute Gasteiger partial charge is 0.336 e. The van der Waals surface area contributed by atoms with Crippen LogP contribution in [0.1, 0.15) is 48.5 Å². The SMILES string of the molecule is COc1ccc(COCc2cc(OC)cc(Cc3cc(OC)c4c(c3C(=O)O)CN(C)C4=O)c2OC)cc1. The quantitative estimate of drug-likeness (QED) is 0.398. The summed E-state index contributed by atoms with van der Waals surface area (Å²) in [6, 6.07) is 12.9. The van der Waals surface area contributed by atoms with Crippen molar-refractivity contribution in [3.05, 3.63) is 81.4 Å². The number of aromatic carboxylic acids is 1. The summed E-state index contributed by atoms with van der Waals surface area (Å²) < 4.78 is 28.0. The highest BCUT2D eigenvalue weighted by molar-refractivity contribution is 6.05. The summed E-state index contributed by atoms with van der Waals surface area (Å²) in [5, 5.41) is 10.1. The molecular formula is C29H31NO8. The predicted octanol–water partition coefficient (Wildman–Crippen LogP) is 4.31. The number of nitrogens with zero attached hydrogens (tertiary/aromatic N) is 1.